The molecular weight excluding hydrogens is 240 g/mol. The molecule has 0 bridgehead atoms. The Bertz CT molecular complexity index is 449. The molecule has 19 heavy (non-hydrogen) atoms. The second-order valence-electron chi connectivity index (χ2n) is 5.51. The normalized spacial score (nSPS) is 29.3. The fourth-order valence-corrected chi connectivity index (χ4v) is 3.37. The van der Waals surface area contributed by atoms with Gasteiger partial charge < -0.3 is 15.4 Å². The molecule has 2 N–H and O–H groups in total. The van der Waals surface area contributed by atoms with Crippen molar-refractivity contribution in [2.75, 3.05) is 6.54 Å². The van der Waals surface area contributed by atoms with Gasteiger partial charge in [0.25, 0.3) is 0 Å². The van der Waals surface area contributed by atoms with Crippen molar-refractivity contribution < 1.29 is 9.53 Å². The highest BCUT2D eigenvalue weighted by Crippen LogP contribution is 2.37. The van der Waals surface area contributed by atoms with E-state index in [2.05, 4.69) is 0 Å². The predicted molar refractivity (Wildman–Crippen MR) is 72.4 cm³/mol. The van der Waals surface area contributed by atoms with Crippen molar-refractivity contribution in [2.45, 2.75) is 38.0 Å². The first-order chi connectivity index (χ1) is 9.25. The lowest BCUT2D eigenvalue weighted by atomic mass is 10.0. The minimum Gasteiger partial charge on any atom is -0.445 e. The molecule has 102 valence electrons. The average Bonchev–Trinajstić information content (AvgIpc) is 3.01. The van der Waals surface area contributed by atoms with Gasteiger partial charge in [0, 0.05) is 12.6 Å². The fraction of sp³-hybridized carbons (Fsp3) is 0.533. The van der Waals surface area contributed by atoms with Gasteiger partial charge in [0.1, 0.15) is 6.61 Å². The van der Waals surface area contributed by atoms with Gasteiger partial charge in [0.05, 0.1) is 6.04 Å². The Kier molecular flexibility index (Phi) is 3.42. The molecule has 1 aliphatic heterocycles. The van der Waals surface area contributed by atoms with Crippen molar-refractivity contribution in [1.29, 1.82) is 0 Å². The lowest BCUT2D eigenvalue weighted by molar-refractivity contribution is 0.0880. The Morgan fingerprint density at radius 3 is 2.84 bits per heavy atom. The Labute approximate surface area is 113 Å². The van der Waals surface area contributed by atoms with Crippen LogP contribution >= 0.6 is 0 Å². The second-order valence-corrected chi connectivity index (χ2v) is 5.51. The molecule has 4 nitrogen and oxygen atoms in total. The van der Waals surface area contributed by atoms with Crippen LogP contribution in [0.3, 0.4) is 0 Å². The molecule has 1 amide bonds. The van der Waals surface area contributed by atoms with Crippen LogP contribution in [0.4, 0.5) is 4.79 Å². The van der Waals surface area contributed by atoms with Crippen LogP contribution in [0.2, 0.25) is 0 Å². The molecule has 1 saturated heterocycles. The molecule has 1 aliphatic carbocycles. The first-order valence-electron chi connectivity index (χ1n) is 6.98. The first kappa shape index (κ1) is 12.5. The third-order valence-electron chi connectivity index (χ3n) is 4.33. The van der Waals surface area contributed by atoms with E-state index in [0.29, 0.717) is 12.5 Å². The van der Waals surface area contributed by atoms with Crippen molar-refractivity contribution in [3.63, 3.8) is 0 Å². The molecule has 1 saturated carbocycles. The van der Waals surface area contributed by atoms with Crippen LogP contribution in [0.1, 0.15) is 24.8 Å². The van der Waals surface area contributed by atoms with E-state index in [9.17, 15) is 4.79 Å². The van der Waals surface area contributed by atoms with Crippen molar-refractivity contribution >= 4 is 6.09 Å². The highest BCUT2D eigenvalue weighted by molar-refractivity contribution is 5.68. The lowest BCUT2D eigenvalue weighted by Crippen LogP contribution is -2.46. The molecule has 2 aliphatic rings. The number of hydrogen-bond acceptors (Lipinski definition) is 3. The number of ether oxygens (including phenoxy) is 1. The molecule has 0 spiro atoms. The first-order valence-corrected chi connectivity index (χ1v) is 6.98. The standard InChI is InChI=1S/C15H20N2O2/c16-13-7-6-12-8-9-17(14(12)13)15(18)19-10-11-4-2-1-3-5-11/h1-5,12-14H,6-10,16H2/t12-,13+,14+/m1/s1. The van der Waals surface area contributed by atoms with E-state index >= 15 is 0 Å². The number of rotatable bonds is 2. The fourth-order valence-electron chi connectivity index (χ4n) is 3.37. The molecular formula is C15H20N2O2. The number of carbonyl (C=O) groups excluding carboxylic acids is 1. The van der Waals surface area contributed by atoms with Gasteiger partial charge in [-0.3, -0.25) is 0 Å². The number of benzene rings is 1. The molecule has 2 fully saturated rings. The van der Waals surface area contributed by atoms with E-state index in [1.54, 1.807) is 0 Å². The van der Waals surface area contributed by atoms with Gasteiger partial charge >= 0.3 is 6.09 Å². The van der Waals surface area contributed by atoms with Gasteiger partial charge in [-0.05, 0) is 30.7 Å². The van der Waals surface area contributed by atoms with Crippen LogP contribution in [-0.2, 0) is 11.3 Å². The maximum Gasteiger partial charge on any atom is 0.410 e. The van der Waals surface area contributed by atoms with Gasteiger partial charge in [-0.25, -0.2) is 4.79 Å². The van der Waals surface area contributed by atoms with Gasteiger partial charge in [-0.2, -0.15) is 0 Å². The highest BCUT2D eigenvalue weighted by atomic mass is 16.6. The zero-order valence-corrected chi connectivity index (χ0v) is 11.0. The summed E-state index contributed by atoms with van der Waals surface area (Å²) >= 11 is 0. The average molecular weight is 260 g/mol. The number of carbonyl (C=O) groups is 1. The summed E-state index contributed by atoms with van der Waals surface area (Å²) in [6.45, 7) is 1.12. The summed E-state index contributed by atoms with van der Waals surface area (Å²) in [6.07, 6.45) is 3.03. The van der Waals surface area contributed by atoms with E-state index in [-0.39, 0.29) is 18.2 Å². The topological polar surface area (TPSA) is 55.6 Å². The summed E-state index contributed by atoms with van der Waals surface area (Å²) in [5.41, 5.74) is 7.12. The van der Waals surface area contributed by atoms with Crippen molar-refractivity contribution in [2.24, 2.45) is 11.7 Å². The largest absolute Gasteiger partial charge is 0.445 e. The van der Waals surface area contributed by atoms with Crippen LogP contribution in [0.25, 0.3) is 0 Å². The van der Waals surface area contributed by atoms with Gasteiger partial charge in [-0.1, -0.05) is 30.3 Å². The van der Waals surface area contributed by atoms with E-state index in [0.717, 1.165) is 31.4 Å². The van der Waals surface area contributed by atoms with Crippen molar-refractivity contribution in [3.8, 4) is 0 Å². The molecule has 3 atom stereocenters. The highest BCUT2D eigenvalue weighted by Gasteiger charge is 2.45. The Hall–Kier alpha value is -1.55. The minimum atomic E-state index is -0.214. The molecule has 1 aromatic carbocycles. The molecule has 0 aromatic heterocycles. The third-order valence-corrected chi connectivity index (χ3v) is 4.33. The van der Waals surface area contributed by atoms with Gasteiger partial charge in [-0.15, -0.1) is 0 Å². The SMILES string of the molecule is N[C@H]1CC[C@@H]2CCN(C(=O)OCc3ccccc3)[C@@H]21. The van der Waals surface area contributed by atoms with Gasteiger partial charge in [0.15, 0.2) is 0 Å². The second kappa shape index (κ2) is 5.21. The number of fused-ring (bicyclic) bond motifs is 1. The van der Waals surface area contributed by atoms with Crippen molar-refractivity contribution in [3.05, 3.63) is 35.9 Å². The maximum atomic E-state index is 12.2. The van der Waals surface area contributed by atoms with Crippen LogP contribution in [0.15, 0.2) is 30.3 Å². The Morgan fingerprint density at radius 1 is 1.26 bits per heavy atom. The third kappa shape index (κ3) is 2.45. The number of nitrogens with zero attached hydrogens (tertiary/aromatic N) is 1. The smallest absolute Gasteiger partial charge is 0.410 e. The van der Waals surface area contributed by atoms with E-state index in [4.69, 9.17) is 10.5 Å². The van der Waals surface area contributed by atoms with Crippen molar-refractivity contribution in [1.82, 2.24) is 4.90 Å². The quantitative estimate of drug-likeness (QED) is 0.886. The van der Waals surface area contributed by atoms with Crippen LogP contribution < -0.4 is 5.73 Å². The molecule has 0 unspecified atom stereocenters. The predicted octanol–water partition coefficient (Wildman–Crippen LogP) is 2.13. The summed E-state index contributed by atoms with van der Waals surface area (Å²) in [5, 5.41) is 0. The number of likely N-dealkylation sites (tertiary alicyclic amines) is 1. The zero-order valence-electron chi connectivity index (χ0n) is 11.0. The molecule has 3 rings (SSSR count). The maximum absolute atomic E-state index is 12.2. The zero-order chi connectivity index (χ0) is 13.2. The minimum absolute atomic E-state index is 0.122. The number of amides is 1. The van der Waals surface area contributed by atoms with E-state index < -0.39 is 0 Å². The van der Waals surface area contributed by atoms with Gasteiger partial charge in [0.2, 0.25) is 0 Å². The molecule has 1 aromatic rings. The van der Waals surface area contributed by atoms with Crippen LogP contribution in [-0.4, -0.2) is 29.6 Å². The molecule has 1 heterocycles. The number of hydrogen-bond donors (Lipinski definition) is 1. The number of nitrogens with two attached hydrogens (primary N) is 1. The van der Waals surface area contributed by atoms with Crippen LogP contribution in [0.5, 0.6) is 0 Å². The Balaban J connectivity index is 1.59. The molecule has 0 radical (unpaired) electrons. The summed E-state index contributed by atoms with van der Waals surface area (Å²) in [4.78, 5) is 14.0. The van der Waals surface area contributed by atoms with E-state index in [1.165, 1.54) is 0 Å². The Morgan fingerprint density at radius 2 is 2.05 bits per heavy atom. The monoisotopic (exact) mass is 260 g/mol. The summed E-state index contributed by atoms with van der Waals surface area (Å²) in [5.74, 6) is 0.583. The van der Waals surface area contributed by atoms with E-state index in [1.807, 2.05) is 35.2 Å². The lowest BCUT2D eigenvalue weighted by Gasteiger charge is -2.26. The summed E-state index contributed by atoms with van der Waals surface area (Å²) in [7, 11) is 0. The summed E-state index contributed by atoms with van der Waals surface area (Å²) < 4.78 is 5.40. The summed E-state index contributed by atoms with van der Waals surface area (Å²) in [6, 6.07) is 10.1. The molecule has 4 heteroatoms. The van der Waals surface area contributed by atoms with Crippen LogP contribution in [0, 0.1) is 5.92 Å².